The molecule has 1 aromatic heterocycles. The highest BCUT2D eigenvalue weighted by molar-refractivity contribution is 6.38. The summed E-state index contributed by atoms with van der Waals surface area (Å²) in [5.74, 6) is -2.94. The number of nitrogens with one attached hydrogen (secondary N) is 2. The quantitative estimate of drug-likeness (QED) is 0.127. The molecule has 1 aliphatic carbocycles. The third kappa shape index (κ3) is 6.28. The first-order valence-corrected chi connectivity index (χ1v) is 12.0. The van der Waals surface area contributed by atoms with Gasteiger partial charge in [-0.25, -0.2) is 8.78 Å². The number of rotatable bonds is 6. The van der Waals surface area contributed by atoms with Gasteiger partial charge in [-0.1, -0.05) is 34.8 Å². The average Bonchev–Trinajstić information content (AvgIpc) is 3.69. The lowest BCUT2D eigenvalue weighted by Gasteiger charge is -2.21. The van der Waals surface area contributed by atoms with E-state index >= 15 is 0 Å². The maximum Gasteiger partial charge on any atom is 0.408 e. The van der Waals surface area contributed by atoms with E-state index in [1.165, 1.54) is 11.8 Å². The van der Waals surface area contributed by atoms with Crippen molar-refractivity contribution in [2.75, 3.05) is 14.2 Å². The van der Waals surface area contributed by atoms with Gasteiger partial charge in [-0.15, -0.1) is 0 Å². The third-order valence-electron chi connectivity index (χ3n) is 5.55. The van der Waals surface area contributed by atoms with Crippen LogP contribution in [-0.4, -0.2) is 38.6 Å². The summed E-state index contributed by atoms with van der Waals surface area (Å²) in [7, 11) is 2.46. The van der Waals surface area contributed by atoms with Crippen LogP contribution in [0.5, 0.6) is 0 Å². The van der Waals surface area contributed by atoms with E-state index in [1.54, 1.807) is 24.3 Å². The van der Waals surface area contributed by atoms with Crippen molar-refractivity contribution in [3.05, 3.63) is 73.9 Å². The molecule has 2 N–H and O–H groups in total. The van der Waals surface area contributed by atoms with E-state index in [9.17, 15) is 31.5 Å². The monoisotopic (exact) mass is 598 g/mol. The maximum absolute atomic E-state index is 13.4. The number of carbonyl (C=O) groups is 2. The minimum absolute atomic E-state index is 0.173. The molecule has 1 heterocycles. The van der Waals surface area contributed by atoms with Crippen LogP contribution in [0.3, 0.4) is 0 Å². The van der Waals surface area contributed by atoms with Gasteiger partial charge < -0.3 is 10.6 Å². The fourth-order valence-electron chi connectivity index (χ4n) is 3.55. The van der Waals surface area contributed by atoms with E-state index < -0.39 is 39.5 Å². The van der Waals surface area contributed by atoms with Gasteiger partial charge in [0.2, 0.25) is 6.29 Å². The average molecular weight is 600 g/mol. The fraction of sp³-hybridized carbons (Fsp3) is 0.292. The Kier molecular flexibility index (Phi) is 9.40. The Labute approximate surface area is 228 Å². The molecule has 1 atom stereocenters. The van der Waals surface area contributed by atoms with Crippen LogP contribution in [0.15, 0.2) is 30.3 Å². The minimum atomic E-state index is -4.75. The summed E-state index contributed by atoms with van der Waals surface area (Å²) >= 11 is 16.9. The van der Waals surface area contributed by atoms with Crippen LogP contribution in [0.4, 0.5) is 22.0 Å². The largest absolute Gasteiger partial charge is 0.408 e. The number of nitrogens with zero attached hydrogens (tertiary/aromatic N) is 1. The second-order valence-corrected chi connectivity index (χ2v) is 9.28. The number of pyridine rings is 1. The number of aldehydes is 1. The number of aromatic nitrogens is 1. The lowest BCUT2D eigenvalue weighted by molar-refractivity contribution is -0.866. The van der Waals surface area contributed by atoms with E-state index in [-0.39, 0.29) is 11.9 Å². The van der Waals surface area contributed by atoms with Gasteiger partial charge in [-0.2, -0.15) is 13.2 Å². The molecule has 1 fully saturated rings. The first kappa shape index (κ1) is 29.8. The first-order valence-electron chi connectivity index (χ1n) is 10.9. The number of alkyl halides is 3. The van der Waals surface area contributed by atoms with Crippen LogP contribution in [0, 0.1) is 11.6 Å². The molecular formula is C24H20Cl3F5N3O3+. The number of hydrogen-bond acceptors (Lipinski definition) is 4. The van der Waals surface area contributed by atoms with E-state index in [0.29, 0.717) is 39.5 Å². The molecule has 1 amide bonds. The van der Waals surface area contributed by atoms with Gasteiger partial charge in [0.25, 0.3) is 17.1 Å². The number of halogens is 8. The Morgan fingerprint density at radius 1 is 1.11 bits per heavy atom. The van der Waals surface area contributed by atoms with Crippen molar-refractivity contribution in [3.8, 4) is 0 Å². The van der Waals surface area contributed by atoms with E-state index in [1.807, 2.05) is 5.32 Å². The zero-order chi connectivity index (χ0) is 28.4. The molecule has 0 bridgehead atoms. The summed E-state index contributed by atoms with van der Waals surface area (Å²) in [6, 6.07) is 5.21. The molecule has 4 rings (SSSR count). The topological polar surface area (TPSA) is 71.3 Å². The summed E-state index contributed by atoms with van der Waals surface area (Å²) in [6.45, 7) is 0. The van der Waals surface area contributed by atoms with Crippen LogP contribution >= 0.6 is 34.8 Å². The molecule has 0 saturated heterocycles. The maximum atomic E-state index is 13.4. The van der Waals surface area contributed by atoms with Crippen molar-refractivity contribution in [2.45, 2.75) is 31.1 Å². The second kappa shape index (κ2) is 12.0. The van der Waals surface area contributed by atoms with Gasteiger partial charge >= 0.3 is 6.18 Å². The Morgan fingerprint density at radius 2 is 1.76 bits per heavy atom. The fourth-order valence-corrected chi connectivity index (χ4v) is 4.33. The Hall–Kier alpha value is -2.73. The second-order valence-electron chi connectivity index (χ2n) is 8.11. The van der Waals surface area contributed by atoms with Crippen molar-refractivity contribution in [2.24, 2.45) is 0 Å². The SMILES string of the molecule is CNC(c1cc(Cl)c(F)c(Cl)c1F)C(F)(F)F.CO[n+]1c(C=O)ccc2c(Cl)c(C(=O)NC3CC3)ccc21. The molecule has 1 unspecified atom stereocenters. The summed E-state index contributed by atoms with van der Waals surface area (Å²) < 4.78 is 65.5. The molecule has 0 aliphatic heterocycles. The van der Waals surface area contributed by atoms with Gasteiger partial charge in [0, 0.05) is 28.5 Å². The molecule has 14 heteroatoms. The summed E-state index contributed by atoms with van der Waals surface area (Å²) in [4.78, 5) is 28.4. The highest BCUT2D eigenvalue weighted by Gasteiger charge is 2.42. The van der Waals surface area contributed by atoms with Crippen molar-refractivity contribution >= 4 is 57.9 Å². The first-order chi connectivity index (χ1) is 17.8. The van der Waals surface area contributed by atoms with Gasteiger partial charge in [-0.05, 0) is 38.1 Å². The van der Waals surface area contributed by atoms with Gasteiger partial charge in [-0.3, -0.25) is 14.4 Å². The molecule has 0 radical (unpaired) electrons. The third-order valence-corrected chi connectivity index (χ3v) is 6.56. The highest BCUT2D eigenvalue weighted by atomic mass is 35.5. The lowest BCUT2D eigenvalue weighted by atomic mass is 10.1. The number of amides is 1. The van der Waals surface area contributed by atoms with Crippen LogP contribution < -0.4 is 20.2 Å². The zero-order valence-corrected chi connectivity index (χ0v) is 22.0. The van der Waals surface area contributed by atoms with E-state index in [4.69, 9.17) is 39.6 Å². The highest BCUT2D eigenvalue weighted by Crippen LogP contribution is 2.38. The lowest BCUT2D eigenvalue weighted by Crippen LogP contribution is -2.45. The van der Waals surface area contributed by atoms with Crippen LogP contribution in [0.2, 0.25) is 15.1 Å². The molecule has 1 saturated carbocycles. The standard InChI is InChI=1S/C15H13ClN2O3.C9H6Cl2F5N/c1-21-18-10(8-19)4-5-11-13(18)7-6-12(14(11)16)15(20)17-9-2-3-9;1-17-8(9(14,15)16)3-2-4(10)7(13)5(11)6(3)12/h4-9H,2-3H2,1H3;2,8,17H,1H3/p+1. The molecular weight excluding hydrogens is 580 g/mol. The molecule has 1 aliphatic rings. The minimum Gasteiger partial charge on any atom is -0.349 e. The van der Waals surface area contributed by atoms with Gasteiger partial charge in [0.15, 0.2) is 5.82 Å². The number of carbonyl (C=O) groups excluding carboxylic acids is 2. The summed E-state index contributed by atoms with van der Waals surface area (Å²) in [5.41, 5.74) is 0.584. The molecule has 6 nitrogen and oxygen atoms in total. The van der Waals surface area contributed by atoms with Crippen molar-refractivity contribution in [3.63, 3.8) is 0 Å². The number of fused-ring (bicyclic) bond motifs is 1. The molecule has 2 aromatic carbocycles. The van der Waals surface area contributed by atoms with E-state index in [2.05, 4.69) is 5.32 Å². The van der Waals surface area contributed by atoms with Gasteiger partial charge in [0.1, 0.15) is 24.0 Å². The molecule has 3 aromatic rings. The predicted molar refractivity (Wildman–Crippen MR) is 132 cm³/mol. The van der Waals surface area contributed by atoms with Crippen molar-refractivity contribution in [1.82, 2.24) is 10.6 Å². The smallest absolute Gasteiger partial charge is 0.349 e. The Morgan fingerprint density at radius 3 is 2.29 bits per heavy atom. The molecule has 38 heavy (non-hydrogen) atoms. The van der Waals surface area contributed by atoms with Crippen LogP contribution in [0.1, 0.15) is 45.3 Å². The Balaban J connectivity index is 0.000000216. The molecule has 0 spiro atoms. The number of hydrogen-bond donors (Lipinski definition) is 2. The Bertz CT molecular complexity index is 1380. The van der Waals surface area contributed by atoms with E-state index in [0.717, 1.165) is 19.9 Å². The van der Waals surface area contributed by atoms with Gasteiger partial charge in [0.05, 0.1) is 21.0 Å². The van der Waals surface area contributed by atoms with Crippen molar-refractivity contribution < 1.29 is 41.1 Å². The predicted octanol–water partition coefficient (Wildman–Crippen LogP) is 5.64. The summed E-state index contributed by atoms with van der Waals surface area (Å²) in [5, 5.41) is 4.06. The van der Waals surface area contributed by atoms with Crippen LogP contribution in [-0.2, 0) is 0 Å². The molecule has 204 valence electrons. The normalized spacial score (nSPS) is 13.9. The van der Waals surface area contributed by atoms with Crippen LogP contribution in [0.25, 0.3) is 10.9 Å². The zero-order valence-electron chi connectivity index (χ0n) is 19.7. The number of benzene rings is 2. The summed E-state index contributed by atoms with van der Waals surface area (Å²) in [6.07, 6.45) is -2.02. The van der Waals surface area contributed by atoms with Crippen molar-refractivity contribution in [1.29, 1.82) is 0 Å².